The maximum Gasteiger partial charge on any atom is 0.261 e. The summed E-state index contributed by atoms with van der Waals surface area (Å²) in [6, 6.07) is 14.0. The van der Waals surface area contributed by atoms with Gasteiger partial charge in [-0.05, 0) is 56.9 Å². The van der Waals surface area contributed by atoms with Gasteiger partial charge in [0, 0.05) is 12.0 Å². The van der Waals surface area contributed by atoms with Crippen molar-refractivity contribution < 1.29 is 14.3 Å². The van der Waals surface area contributed by atoms with E-state index in [0.717, 1.165) is 16.9 Å². The Kier molecular flexibility index (Phi) is 5.66. The van der Waals surface area contributed by atoms with Gasteiger partial charge in [-0.3, -0.25) is 4.79 Å². The number of ether oxygens (including phenoxy) is 2. The van der Waals surface area contributed by atoms with Gasteiger partial charge in [0.2, 0.25) is 0 Å². The molecular weight excluding hydrogens is 362 g/mol. The Hall–Kier alpha value is -2.49. The second kappa shape index (κ2) is 7.74. The van der Waals surface area contributed by atoms with Gasteiger partial charge in [-0.15, -0.1) is 0 Å². The van der Waals surface area contributed by atoms with Crippen molar-refractivity contribution in [2.24, 2.45) is 0 Å². The van der Waals surface area contributed by atoms with Crippen molar-refractivity contribution in [2.45, 2.75) is 78.0 Å². The van der Waals surface area contributed by atoms with E-state index >= 15 is 0 Å². The van der Waals surface area contributed by atoms with E-state index in [1.54, 1.807) is 6.92 Å². The zero-order valence-electron chi connectivity index (χ0n) is 18.6. The fourth-order valence-electron chi connectivity index (χ4n) is 3.68. The molecule has 0 spiro atoms. The normalized spacial score (nSPS) is 18.9. The molecule has 3 rings (SSSR count). The smallest absolute Gasteiger partial charge is 0.261 e. The highest BCUT2D eigenvalue weighted by molar-refractivity contribution is 5.81. The molecule has 0 unspecified atom stereocenters. The van der Waals surface area contributed by atoms with E-state index in [0.29, 0.717) is 12.2 Å². The summed E-state index contributed by atoms with van der Waals surface area (Å²) in [4.78, 5) is 12.9. The molecule has 2 aromatic carbocycles. The van der Waals surface area contributed by atoms with Crippen LogP contribution >= 0.6 is 0 Å². The summed E-state index contributed by atoms with van der Waals surface area (Å²) in [6.45, 7) is 14.5. The Morgan fingerprint density at radius 3 is 2.45 bits per heavy atom. The van der Waals surface area contributed by atoms with Crippen LogP contribution in [0.25, 0.3) is 0 Å². The van der Waals surface area contributed by atoms with Crippen LogP contribution in [0, 0.1) is 6.92 Å². The number of rotatable bonds is 4. The third-order valence-electron chi connectivity index (χ3n) is 5.34. The van der Waals surface area contributed by atoms with Crippen LogP contribution in [-0.2, 0) is 10.2 Å². The van der Waals surface area contributed by atoms with Crippen LogP contribution in [0.1, 0.15) is 70.7 Å². The van der Waals surface area contributed by atoms with Crippen LogP contribution < -0.4 is 14.8 Å². The molecule has 0 aromatic heterocycles. The van der Waals surface area contributed by atoms with Crippen molar-refractivity contribution in [3.63, 3.8) is 0 Å². The lowest BCUT2D eigenvalue weighted by atomic mass is 9.87. The van der Waals surface area contributed by atoms with E-state index in [9.17, 15) is 4.79 Å². The summed E-state index contributed by atoms with van der Waals surface area (Å²) in [5.74, 6) is 1.41. The van der Waals surface area contributed by atoms with Crippen molar-refractivity contribution in [3.05, 3.63) is 59.2 Å². The Bertz CT molecular complexity index is 878. The first-order chi connectivity index (χ1) is 13.4. The number of nitrogens with one attached hydrogen (secondary N) is 1. The van der Waals surface area contributed by atoms with Crippen LogP contribution in [0.5, 0.6) is 11.5 Å². The van der Waals surface area contributed by atoms with Crippen LogP contribution in [0.3, 0.4) is 0 Å². The average Bonchev–Trinajstić information content (AvgIpc) is 2.61. The zero-order valence-corrected chi connectivity index (χ0v) is 18.6. The van der Waals surface area contributed by atoms with Crippen LogP contribution in [0.2, 0.25) is 0 Å². The summed E-state index contributed by atoms with van der Waals surface area (Å²) in [5, 5.41) is 3.17. The number of hydrogen-bond acceptors (Lipinski definition) is 3. The monoisotopic (exact) mass is 395 g/mol. The molecule has 1 aliphatic rings. The standard InChI is InChI=1S/C25H33NO3/c1-16-8-13-22-20(14-16)21(15-25(6,7)29-22)26-23(27)17(2)28-19-11-9-18(10-12-19)24(3,4)5/h8-14,17,21H,15H2,1-7H3,(H,26,27)/t17-,21-/m0/s1. The topological polar surface area (TPSA) is 47.6 Å². The number of hydrogen-bond donors (Lipinski definition) is 1. The van der Waals surface area contributed by atoms with E-state index < -0.39 is 6.10 Å². The molecule has 4 heteroatoms. The second-order valence-electron chi connectivity index (χ2n) is 9.70. The predicted molar refractivity (Wildman–Crippen MR) is 117 cm³/mol. The number of aryl methyl sites for hydroxylation is 1. The molecule has 0 radical (unpaired) electrons. The first kappa shape index (κ1) is 21.2. The quantitative estimate of drug-likeness (QED) is 0.746. The fourth-order valence-corrected chi connectivity index (χ4v) is 3.68. The summed E-state index contributed by atoms with van der Waals surface area (Å²) in [5.41, 5.74) is 3.16. The number of carbonyl (C=O) groups excluding carboxylic acids is 1. The van der Waals surface area contributed by atoms with Crippen molar-refractivity contribution >= 4 is 5.91 Å². The zero-order chi connectivity index (χ0) is 21.4. The maximum absolute atomic E-state index is 12.9. The van der Waals surface area contributed by atoms with E-state index in [4.69, 9.17) is 9.47 Å². The molecule has 1 heterocycles. The molecule has 4 nitrogen and oxygen atoms in total. The minimum atomic E-state index is -0.588. The number of benzene rings is 2. The second-order valence-corrected chi connectivity index (χ2v) is 9.70. The predicted octanol–water partition coefficient (Wildman–Crippen LogP) is 5.48. The molecule has 0 saturated carbocycles. The molecular formula is C25H33NO3. The average molecular weight is 396 g/mol. The summed E-state index contributed by atoms with van der Waals surface area (Å²) in [7, 11) is 0. The van der Waals surface area contributed by atoms with Gasteiger partial charge in [0.1, 0.15) is 17.1 Å². The Labute approximate surface area is 174 Å². The Morgan fingerprint density at radius 2 is 1.83 bits per heavy atom. The maximum atomic E-state index is 12.9. The molecule has 2 aromatic rings. The van der Waals surface area contributed by atoms with Gasteiger partial charge in [0.25, 0.3) is 5.91 Å². The minimum Gasteiger partial charge on any atom is -0.487 e. The van der Waals surface area contributed by atoms with Crippen molar-refractivity contribution in [1.29, 1.82) is 0 Å². The van der Waals surface area contributed by atoms with Gasteiger partial charge in [0.15, 0.2) is 6.10 Å². The van der Waals surface area contributed by atoms with Gasteiger partial charge in [-0.1, -0.05) is 50.6 Å². The number of fused-ring (bicyclic) bond motifs is 1. The van der Waals surface area contributed by atoms with Crippen LogP contribution in [-0.4, -0.2) is 17.6 Å². The molecule has 156 valence electrons. The first-order valence-corrected chi connectivity index (χ1v) is 10.3. The number of carbonyl (C=O) groups is 1. The van der Waals surface area contributed by atoms with Gasteiger partial charge < -0.3 is 14.8 Å². The van der Waals surface area contributed by atoms with Crippen molar-refractivity contribution in [1.82, 2.24) is 5.32 Å². The third kappa shape index (κ3) is 5.11. The molecule has 0 bridgehead atoms. The highest BCUT2D eigenvalue weighted by Gasteiger charge is 2.35. The third-order valence-corrected chi connectivity index (χ3v) is 5.34. The minimum absolute atomic E-state index is 0.0862. The van der Waals surface area contributed by atoms with E-state index in [2.05, 4.69) is 44.3 Å². The molecule has 2 atom stereocenters. The van der Waals surface area contributed by atoms with E-state index in [-0.39, 0.29) is 23.0 Å². The van der Waals surface area contributed by atoms with Crippen molar-refractivity contribution in [3.8, 4) is 11.5 Å². The molecule has 0 saturated heterocycles. The highest BCUT2D eigenvalue weighted by Crippen LogP contribution is 2.40. The van der Waals surface area contributed by atoms with Gasteiger partial charge in [0.05, 0.1) is 6.04 Å². The summed E-state index contributed by atoms with van der Waals surface area (Å²) in [6.07, 6.45) is 0.122. The molecule has 1 aliphatic heterocycles. The molecule has 1 amide bonds. The number of amides is 1. The van der Waals surface area contributed by atoms with Gasteiger partial charge in [-0.25, -0.2) is 0 Å². The fraction of sp³-hybridized carbons (Fsp3) is 0.480. The van der Waals surface area contributed by atoms with Crippen LogP contribution in [0.4, 0.5) is 0 Å². The summed E-state index contributed by atoms with van der Waals surface area (Å²) < 4.78 is 12.0. The molecule has 0 aliphatic carbocycles. The van der Waals surface area contributed by atoms with Crippen LogP contribution in [0.15, 0.2) is 42.5 Å². The first-order valence-electron chi connectivity index (χ1n) is 10.3. The largest absolute Gasteiger partial charge is 0.487 e. The van der Waals surface area contributed by atoms with E-state index in [1.165, 1.54) is 5.56 Å². The molecule has 29 heavy (non-hydrogen) atoms. The summed E-state index contributed by atoms with van der Waals surface area (Å²) >= 11 is 0. The van der Waals surface area contributed by atoms with E-state index in [1.807, 2.05) is 45.0 Å². The molecule has 0 fully saturated rings. The van der Waals surface area contributed by atoms with Gasteiger partial charge >= 0.3 is 0 Å². The lowest BCUT2D eigenvalue weighted by Crippen LogP contribution is -2.44. The molecule has 1 N–H and O–H groups in total. The Balaban J connectivity index is 1.70. The van der Waals surface area contributed by atoms with Crippen molar-refractivity contribution in [2.75, 3.05) is 0 Å². The highest BCUT2D eigenvalue weighted by atomic mass is 16.5. The Morgan fingerprint density at radius 1 is 1.17 bits per heavy atom. The van der Waals surface area contributed by atoms with Gasteiger partial charge in [-0.2, -0.15) is 0 Å². The SMILES string of the molecule is Cc1ccc2c(c1)[C@@H](NC(=O)[C@H](C)Oc1ccc(C(C)(C)C)cc1)CC(C)(C)O2. The lowest BCUT2D eigenvalue weighted by molar-refractivity contribution is -0.128. The lowest BCUT2D eigenvalue weighted by Gasteiger charge is -2.38.